The normalized spacial score (nSPS) is 14.2. The molecule has 0 spiro atoms. The molecule has 0 bridgehead atoms. The number of nitro benzene ring substituents is 2. The molecule has 11 nitrogen and oxygen atoms in total. The highest BCUT2D eigenvalue weighted by molar-refractivity contribution is 9.10. The Balaban J connectivity index is 1.58. The Hall–Kier alpha value is -4.23. The van der Waals surface area contributed by atoms with Crippen molar-refractivity contribution in [1.29, 1.82) is 0 Å². The van der Waals surface area contributed by atoms with Crippen LogP contribution >= 0.6 is 27.7 Å². The second-order valence-electron chi connectivity index (χ2n) is 7.54. The molecular formula is C24H16BrN3O8S. The van der Waals surface area contributed by atoms with Crippen molar-refractivity contribution in [3.8, 4) is 17.2 Å². The van der Waals surface area contributed by atoms with Gasteiger partial charge in [0.2, 0.25) is 5.75 Å². The zero-order chi connectivity index (χ0) is 26.7. The fourth-order valence-corrected chi connectivity index (χ4v) is 4.66. The molecule has 13 heteroatoms. The first-order valence-electron chi connectivity index (χ1n) is 10.5. The fourth-order valence-electron chi connectivity index (χ4n) is 3.41. The lowest BCUT2D eigenvalue weighted by molar-refractivity contribution is -0.394. The highest BCUT2D eigenvalue weighted by Crippen LogP contribution is 2.40. The van der Waals surface area contributed by atoms with Crippen LogP contribution in [-0.2, 0) is 11.3 Å². The minimum absolute atomic E-state index is 0.110. The lowest BCUT2D eigenvalue weighted by atomic mass is 10.1. The van der Waals surface area contributed by atoms with Gasteiger partial charge in [-0.15, -0.1) is 0 Å². The highest BCUT2D eigenvalue weighted by Gasteiger charge is 2.35. The number of rotatable bonds is 8. The van der Waals surface area contributed by atoms with Crippen LogP contribution in [0.15, 0.2) is 70.0 Å². The van der Waals surface area contributed by atoms with Crippen molar-refractivity contribution >= 4 is 56.3 Å². The number of ether oxygens (including phenoxy) is 2. The Morgan fingerprint density at radius 1 is 0.973 bits per heavy atom. The number of nitro groups is 2. The van der Waals surface area contributed by atoms with Gasteiger partial charge in [0.25, 0.3) is 16.8 Å². The second kappa shape index (κ2) is 10.8. The van der Waals surface area contributed by atoms with Crippen LogP contribution in [0.1, 0.15) is 11.1 Å². The molecule has 0 aliphatic carbocycles. The van der Waals surface area contributed by atoms with Gasteiger partial charge in [0.1, 0.15) is 0 Å². The molecule has 0 radical (unpaired) electrons. The summed E-state index contributed by atoms with van der Waals surface area (Å²) in [6, 6.07) is 14.9. The van der Waals surface area contributed by atoms with Gasteiger partial charge in [-0.05, 0) is 53.2 Å². The lowest BCUT2D eigenvalue weighted by Gasteiger charge is -2.13. The molecule has 4 rings (SSSR count). The molecule has 1 fully saturated rings. The Labute approximate surface area is 222 Å². The summed E-state index contributed by atoms with van der Waals surface area (Å²) < 4.78 is 11.8. The Morgan fingerprint density at radius 3 is 2.38 bits per heavy atom. The molecule has 1 aliphatic rings. The minimum Gasteiger partial charge on any atom is -0.493 e. The summed E-state index contributed by atoms with van der Waals surface area (Å²) in [6.45, 7) is 0.119. The van der Waals surface area contributed by atoms with Crippen molar-refractivity contribution in [2.75, 3.05) is 7.11 Å². The van der Waals surface area contributed by atoms with Crippen LogP contribution in [0.3, 0.4) is 0 Å². The van der Waals surface area contributed by atoms with Crippen molar-refractivity contribution in [1.82, 2.24) is 4.90 Å². The molecule has 188 valence electrons. The van der Waals surface area contributed by atoms with Crippen LogP contribution < -0.4 is 9.47 Å². The molecular weight excluding hydrogens is 570 g/mol. The standard InChI is InChI=1S/C24H16BrN3O8S/c1-35-21-10-14(6-8-20(21)36-19-9-7-16(27(31)32)12-18(19)28(33)34)11-22-23(29)26(24(30)37-22)13-15-4-2-3-5-17(15)25/h2-12H,13H2,1H3/b22-11-. The number of carbonyl (C=O) groups excluding carboxylic acids is 2. The van der Waals surface area contributed by atoms with Crippen molar-refractivity contribution in [3.05, 3.63) is 101 Å². The average molecular weight is 586 g/mol. The number of benzene rings is 3. The van der Waals surface area contributed by atoms with E-state index in [4.69, 9.17) is 9.47 Å². The van der Waals surface area contributed by atoms with E-state index in [1.807, 2.05) is 24.3 Å². The third-order valence-electron chi connectivity index (χ3n) is 5.22. The third-order valence-corrected chi connectivity index (χ3v) is 6.90. The van der Waals surface area contributed by atoms with Gasteiger partial charge in [0, 0.05) is 10.5 Å². The average Bonchev–Trinajstić information content (AvgIpc) is 3.13. The maximum atomic E-state index is 12.9. The number of non-ortho nitro benzene ring substituents is 1. The Kier molecular flexibility index (Phi) is 7.55. The SMILES string of the molecule is COc1cc(/C=C2\SC(=O)N(Cc3ccccc3Br)C2=O)ccc1Oc1ccc([N+](=O)[O-])cc1[N+](=O)[O-]. The topological polar surface area (TPSA) is 142 Å². The van der Waals surface area contributed by atoms with E-state index < -0.39 is 32.4 Å². The molecule has 3 aromatic rings. The summed E-state index contributed by atoms with van der Waals surface area (Å²) in [7, 11) is 1.36. The van der Waals surface area contributed by atoms with E-state index in [1.165, 1.54) is 25.3 Å². The predicted molar refractivity (Wildman–Crippen MR) is 138 cm³/mol. The van der Waals surface area contributed by atoms with Crippen molar-refractivity contribution in [2.24, 2.45) is 0 Å². The number of amides is 2. The van der Waals surface area contributed by atoms with E-state index in [0.717, 1.165) is 44.9 Å². The molecule has 1 heterocycles. The molecule has 1 aliphatic heterocycles. The summed E-state index contributed by atoms with van der Waals surface area (Å²) in [4.78, 5) is 47.6. The van der Waals surface area contributed by atoms with E-state index in [9.17, 15) is 29.8 Å². The maximum absolute atomic E-state index is 12.9. The van der Waals surface area contributed by atoms with Crippen molar-refractivity contribution in [2.45, 2.75) is 6.54 Å². The van der Waals surface area contributed by atoms with Gasteiger partial charge in [-0.2, -0.15) is 0 Å². The zero-order valence-electron chi connectivity index (χ0n) is 19.0. The van der Waals surface area contributed by atoms with Crippen molar-refractivity contribution in [3.63, 3.8) is 0 Å². The van der Waals surface area contributed by atoms with Gasteiger partial charge in [0.15, 0.2) is 11.5 Å². The van der Waals surface area contributed by atoms with Crippen LogP contribution in [-0.4, -0.2) is 33.0 Å². The number of hydrogen-bond donors (Lipinski definition) is 0. The van der Waals surface area contributed by atoms with Crippen LogP contribution in [0.5, 0.6) is 17.2 Å². The molecule has 0 unspecified atom stereocenters. The molecule has 2 amide bonds. The number of hydrogen-bond acceptors (Lipinski definition) is 9. The second-order valence-corrected chi connectivity index (χ2v) is 9.39. The Bertz CT molecular complexity index is 1480. The van der Waals surface area contributed by atoms with E-state index >= 15 is 0 Å². The van der Waals surface area contributed by atoms with Gasteiger partial charge < -0.3 is 9.47 Å². The summed E-state index contributed by atoms with van der Waals surface area (Å²) in [5, 5.41) is 22.0. The van der Waals surface area contributed by atoms with Crippen LogP contribution in [0.4, 0.5) is 16.2 Å². The molecule has 0 saturated carbocycles. The lowest BCUT2D eigenvalue weighted by Crippen LogP contribution is -2.27. The predicted octanol–water partition coefficient (Wildman–Crippen LogP) is 6.30. The molecule has 1 saturated heterocycles. The number of carbonyl (C=O) groups is 2. The van der Waals surface area contributed by atoms with Crippen molar-refractivity contribution < 1.29 is 28.9 Å². The first-order valence-corrected chi connectivity index (χ1v) is 12.1. The number of nitrogens with zero attached hydrogens (tertiary/aromatic N) is 3. The highest BCUT2D eigenvalue weighted by atomic mass is 79.9. The van der Waals surface area contributed by atoms with Gasteiger partial charge in [-0.25, -0.2) is 0 Å². The number of methoxy groups -OCH3 is 1. The summed E-state index contributed by atoms with van der Waals surface area (Å²) >= 11 is 4.23. The molecule has 0 atom stereocenters. The molecule has 0 aromatic heterocycles. The first kappa shape index (κ1) is 25.9. The minimum atomic E-state index is -0.784. The molecule has 37 heavy (non-hydrogen) atoms. The smallest absolute Gasteiger partial charge is 0.318 e. The Morgan fingerprint density at radius 2 is 1.70 bits per heavy atom. The quantitative estimate of drug-likeness (QED) is 0.169. The molecule has 0 N–H and O–H groups in total. The van der Waals surface area contributed by atoms with Gasteiger partial charge in [0.05, 0.1) is 34.5 Å². The number of imide groups is 1. The third kappa shape index (κ3) is 5.62. The fraction of sp³-hybridized carbons (Fsp3) is 0.0833. The van der Waals surface area contributed by atoms with Crippen LogP contribution in [0.2, 0.25) is 0 Å². The summed E-state index contributed by atoms with van der Waals surface area (Å²) in [5.41, 5.74) is 0.275. The van der Waals surface area contributed by atoms with Gasteiger partial charge in [-0.3, -0.25) is 34.7 Å². The van der Waals surface area contributed by atoms with Crippen LogP contribution in [0.25, 0.3) is 6.08 Å². The first-order chi connectivity index (χ1) is 17.7. The molecule has 3 aromatic carbocycles. The maximum Gasteiger partial charge on any atom is 0.318 e. The van der Waals surface area contributed by atoms with Gasteiger partial charge >= 0.3 is 5.69 Å². The van der Waals surface area contributed by atoms with Gasteiger partial charge in [-0.1, -0.05) is 40.2 Å². The van der Waals surface area contributed by atoms with E-state index in [0.29, 0.717) is 5.56 Å². The monoisotopic (exact) mass is 585 g/mol. The van der Waals surface area contributed by atoms with E-state index in [-0.39, 0.29) is 28.7 Å². The largest absolute Gasteiger partial charge is 0.493 e. The summed E-state index contributed by atoms with van der Waals surface area (Å²) in [6.07, 6.45) is 1.53. The van der Waals surface area contributed by atoms with Crippen LogP contribution in [0, 0.1) is 20.2 Å². The summed E-state index contributed by atoms with van der Waals surface area (Å²) in [5.74, 6) is -0.353. The van der Waals surface area contributed by atoms with E-state index in [2.05, 4.69) is 15.9 Å². The number of thioether (sulfide) groups is 1. The zero-order valence-corrected chi connectivity index (χ0v) is 21.4. The number of halogens is 1. The van der Waals surface area contributed by atoms with E-state index in [1.54, 1.807) is 6.07 Å².